The lowest BCUT2D eigenvalue weighted by Crippen LogP contribution is -2.29. The summed E-state index contributed by atoms with van der Waals surface area (Å²) in [5, 5.41) is 5.41. The number of hydrogen-bond acceptors (Lipinski definition) is 5. The third kappa shape index (κ3) is 10.1. The van der Waals surface area contributed by atoms with Crippen LogP contribution in [-0.2, 0) is 16.0 Å². The SMILES string of the molecule is C=C(C)CN(Cc1ccc(F)cc1)c1ccc(NC(=O)OC(C)(C)C)c(NC(=O)OC(C)(C)C)c1. The number of nitrogens with zero attached hydrogens (tertiary/aromatic N) is 1. The molecule has 2 rings (SSSR count). The standard InChI is InChI=1S/C27H36FN3O4/c1-18(2)16-31(17-19-9-11-20(28)12-10-19)21-13-14-22(29-24(32)34-26(3,4)5)23(15-21)30-25(33)35-27(6,7)8/h9-15H,1,16-17H2,2-8H3,(H,29,32)(H,30,33). The number of anilines is 3. The van der Waals surface area contributed by atoms with E-state index in [4.69, 9.17) is 9.47 Å². The smallest absolute Gasteiger partial charge is 0.412 e. The van der Waals surface area contributed by atoms with Gasteiger partial charge in [-0.15, -0.1) is 0 Å². The van der Waals surface area contributed by atoms with Gasteiger partial charge in [-0.1, -0.05) is 24.3 Å². The zero-order valence-electron chi connectivity index (χ0n) is 21.6. The van der Waals surface area contributed by atoms with Crippen LogP contribution in [-0.4, -0.2) is 29.9 Å². The van der Waals surface area contributed by atoms with Crippen LogP contribution in [0, 0.1) is 5.82 Å². The maximum absolute atomic E-state index is 13.4. The van der Waals surface area contributed by atoms with Crippen LogP contribution in [0.5, 0.6) is 0 Å². The zero-order chi connectivity index (χ0) is 26.4. The van der Waals surface area contributed by atoms with Crippen molar-refractivity contribution >= 4 is 29.2 Å². The predicted octanol–water partition coefficient (Wildman–Crippen LogP) is 7.10. The van der Waals surface area contributed by atoms with E-state index in [-0.39, 0.29) is 5.82 Å². The number of ether oxygens (including phenoxy) is 2. The lowest BCUT2D eigenvalue weighted by atomic mass is 10.1. The predicted molar refractivity (Wildman–Crippen MR) is 138 cm³/mol. The van der Waals surface area contributed by atoms with E-state index in [1.54, 1.807) is 65.8 Å². The first-order valence-electron chi connectivity index (χ1n) is 11.4. The van der Waals surface area contributed by atoms with Crippen LogP contribution in [0.3, 0.4) is 0 Å². The molecular weight excluding hydrogens is 449 g/mol. The van der Waals surface area contributed by atoms with E-state index in [0.29, 0.717) is 24.5 Å². The lowest BCUT2D eigenvalue weighted by Gasteiger charge is -2.27. The number of rotatable bonds is 7. The number of amides is 2. The van der Waals surface area contributed by atoms with Crippen LogP contribution in [0.4, 0.5) is 31.0 Å². The first-order chi connectivity index (χ1) is 16.1. The summed E-state index contributed by atoms with van der Waals surface area (Å²) in [4.78, 5) is 27.0. The van der Waals surface area contributed by atoms with Crippen LogP contribution < -0.4 is 15.5 Å². The molecule has 2 amide bonds. The number of nitrogens with one attached hydrogen (secondary N) is 2. The van der Waals surface area contributed by atoms with E-state index in [1.807, 2.05) is 17.9 Å². The summed E-state index contributed by atoms with van der Waals surface area (Å²) in [6.45, 7) is 17.5. The van der Waals surface area contributed by atoms with Gasteiger partial charge in [-0.05, 0) is 84.4 Å². The van der Waals surface area contributed by atoms with Crippen molar-refractivity contribution in [1.82, 2.24) is 0 Å². The third-order valence-electron chi connectivity index (χ3n) is 4.39. The molecule has 0 aliphatic heterocycles. The molecule has 2 N–H and O–H groups in total. The second-order valence-electron chi connectivity index (χ2n) is 10.4. The van der Waals surface area contributed by atoms with E-state index < -0.39 is 23.4 Å². The van der Waals surface area contributed by atoms with E-state index >= 15 is 0 Å². The van der Waals surface area contributed by atoms with Crippen molar-refractivity contribution in [2.24, 2.45) is 0 Å². The molecule has 0 unspecified atom stereocenters. The molecule has 0 radical (unpaired) electrons. The van der Waals surface area contributed by atoms with E-state index in [0.717, 1.165) is 16.8 Å². The van der Waals surface area contributed by atoms with E-state index in [9.17, 15) is 14.0 Å². The Labute approximate surface area is 207 Å². The highest BCUT2D eigenvalue weighted by atomic mass is 19.1. The Morgan fingerprint density at radius 3 is 1.89 bits per heavy atom. The van der Waals surface area contributed by atoms with Gasteiger partial charge in [0.05, 0.1) is 11.4 Å². The number of carbonyl (C=O) groups is 2. The Hall–Kier alpha value is -3.55. The van der Waals surface area contributed by atoms with Gasteiger partial charge in [-0.2, -0.15) is 0 Å². The van der Waals surface area contributed by atoms with Crippen LogP contribution in [0.1, 0.15) is 54.0 Å². The van der Waals surface area contributed by atoms with Gasteiger partial charge in [0.2, 0.25) is 0 Å². The first kappa shape index (κ1) is 27.7. The lowest BCUT2D eigenvalue weighted by molar-refractivity contribution is 0.0621. The minimum atomic E-state index is -0.699. The molecule has 2 aromatic rings. The van der Waals surface area contributed by atoms with Crippen molar-refractivity contribution in [2.45, 2.75) is 66.2 Å². The van der Waals surface area contributed by atoms with Crippen molar-refractivity contribution in [1.29, 1.82) is 0 Å². The summed E-state index contributed by atoms with van der Waals surface area (Å²) < 4.78 is 24.1. The van der Waals surface area contributed by atoms with Crippen LogP contribution in [0.25, 0.3) is 0 Å². The molecule has 0 saturated heterocycles. The van der Waals surface area contributed by atoms with Gasteiger partial charge in [0.1, 0.15) is 17.0 Å². The van der Waals surface area contributed by atoms with Gasteiger partial charge in [0, 0.05) is 18.8 Å². The third-order valence-corrected chi connectivity index (χ3v) is 4.39. The topological polar surface area (TPSA) is 79.9 Å². The Morgan fingerprint density at radius 1 is 0.886 bits per heavy atom. The molecule has 8 heteroatoms. The maximum Gasteiger partial charge on any atom is 0.412 e. The van der Waals surface area contributed by atoms with E-state index in [1.165, 1.54) is 12.1 Å². The van der Waals surface area contributed by atoms with Crippen molar-refractivity contribution < 1.29 is 23.5 Å². The fraction of sp³-hybridized carbons (Fsp3) is 0.407. The number of halogens is 1. The molecule has 2 aromatic carbocycles. The second kappa shape index (κ2) is 11.3. The van der Waals surface area contributed by atoms with E-state index in [2.05, 4.69) is 17.2 Å². The average Bonchev–Trinajstić information content (AvgIpc) is 2.67. The average molecular weight is 486 g/mol. The number of carbonyl (C=O) groups excluding carboxylic acids is 2. The molecule has 35 heavy (non-hydrogen) atoms. The molecular formula is C27H36FN3O4. The Kier molecular flexibility index (Phi) is 8.90. The molecule has 0 atom stereocenters. The molecule has 190 valence electrons. The zero-order valence-corrected chi connectivity index (χ0v) is 21.6. The Balaban J connectivity index is 2.41. The fourth-order valence-electron chi connectivity index (χ4n) is 3.14. The molecule has 0 aromatic heterocycles. The molecule has 0 spiro atoms. The Bertz CT molecular complexity index is 1050. The minimum absolute atomic E-state index is 0.304. The largest absolute Gasteiger partial charge is 0.444 e. The van der Waals surface area contributed by atoms with Gasteiger partial charge < -0.3 is 14.4 Å². The highest BCUT2D eigenvalue weighted by Crippen LogP contribution is 2.30. The molecule has 7 nitrogen and oxygen atoms in total. The first-order valence-corrected chi connectivity index (χ1v) is 11.4. The summed E-state index contributed by atoms with van der Waals surface area (Å²) in [5.41, 5.74) is 1.90. The summed E-state index contributed by atoms with van der Waals surface area (Å²) >= 11 is 0. The number of benzene rings is 2. The fourth-order valence-corrected chi connectivity index (χ4v) is 3.14. The van der Waals surface area contributed by atoms with Crippen LogP contribution in [0.2, 0.25) is 0 Å². The summed E-state index contributed by atoms with van der Waals surface area (Å²) in [5.74, 6) is -0.304. The monoisotopic (exact) mass is 485 g/mol. The van der Waals surface area contributed by atoms with Gasteiger partial charge in [0.15, 0.2) is 0 Å². The van der Waals surface area contributed by atoms with Crippen LogP contribution in [0.15, 0.2) is 54.6 Å². The van der Waals surface area contributed by atoms with Gasteiger partial charge >= 0.3 is 12.2 Å². The van der Waals surface area contributed by atoms with Crippen molar-refractivity contribution in [3.8, 4) is 0 Å². The molecule has 0 bridgehead atoms. The normalized spacial score (nSPS) is 11.4. The van der Waals surface area contributed by atoms with Gasteiger partial charge in [-0.25, -0.2) is 14.0 Å². The van der Waals surface area contributed by atoms with Crippen molar-refractivity contribution in [3.05, 3.63) is 66.0 Å². The van der Waals surface area contributed by atoms with Crippen molar-refractivity contribution in [3.63, 3.8) is 0 Å². The van der Waals surface area contributed by atoms with Gasteiger partial charge in [0.25, 0.3) is 0 Å². The highest BCUT2D eigenvalue weighted by molar-refractivity contribution is 5.96. The molecule has 0 aliphatic carbocycles. The molecule has 0 aliphatic rings. The molecule has 0 heterocycles. The summed E-state index contributed by atoms with van der Waals surface area (Å²) in [6, 6.07) is 11.5. The molecule has 0 fully saturated rings. The Morgan fingerprint density at radius 2 is 1.40 bits per heavy atom. The second-order valence-corrected chi connectivity index (χ2v) is 10.4. The van der Waals surface area contributed by atoms with Crippen LogP contribution >= 0.6 is 0 Å². The summed E-state index contributed by atoms with van der Waals surface area (Å²) in [7, 11) is 0. The minimum Gasteiger partial charge on any atom is -0.444 e. The van der Waals surface area contributed by atoms with Crippen molar-refractivity contribution in [2.75, 3.05) is 22.1 Å². The highest BCUT2D eigenvalue weighted by Gasteiger charge is 2.21. The molecule has 0 saturated carbocycles. The summed E-state index contributed by atoms with van der Waals surface area (Å²) in [6.07, 6.45) is -1.31. The quantitative estimate of drug-likeness (QED) is 0.409. The maximum atomic E-state index is 13.4. The number of hydrogen-bond donors (Lipinski definition) is 2. The van der Waals surface area contributed by atoms with Gasteiger partial charge in [-0.3, -0.25) is 10.6 Å².